The van der Waals surface area contributed by atoms with E-state index < -0.39 is 23.8 Å². The Bertz CT molecular complexity index is 583. The predicted molar refractivity (Wildman–Crippen MR) is 60.2 cm³/mol. The van der Waals surface area contributed by atoms with Crippen LogP contribution in [-0.4, -0.2) is 29.6 Å². The number of hydrogen-bond donors (Lipinski definition) is 2. The molecule has 8 heteroatoms. The Morgan fingerprint density at radius 2 is 1.90 bits per heavy atom. The van der Waals surface area contributed by atoms with Gasteiger partial charge in [-0.25, -0.2) is 15.1 Å². The van der Waals surface area contributed by atoms with Gasteiger partial charge in [0.05, 0.1) is 5.56 Å². The number of nitrogens with one attached hydrogen (secondary N) is 2. The summed E-state index contributed by atoms with van der Waals surface area (Å²) in [4.78, 5) is 24.5. The molecule has 20 heavy (non-hydrogen) atoms. The van der Waals surface area contributed by atoms with Crippen molar-refractivity contribution in [2.75, 3.05) is 0 Å². The average Bonchev–Trinajstić information content (AvgIpc) is 2.68. The van der Waals surface area contributed by atoms with Crippen molar-refractivity contribution in [3.8, 4) is 0 Å². The van der Waals surface area contributed by atoms with E-state index in [1.807, 2.05) is 10.3 Å². The molecule has 1 aliphatic rings. The van der Waals surface area contributed by atoms with Crippen molar-refractivity contribution >= 4 is 17.7 Å². The molecule has 2 N–H and O–H groups in total. The van der Waals surface area contributed by atoms with E-state index in [-0.39, 0.29) is 5.84 Å². The molecule has 1 amide bonds. The van der Waals surface area contributed by atoms with Gasteiger partial charge in [0.2, 0.25) is 0 Å². The minimum atomic E-state index is -5.10. The van der Waals surface area contributed by atoms with Gasteiger partial charge >= 0.3 is 23.8 Å². The van der Waals surface area contributed by atoms with Crippen LogP contribution in [0.5, 0.6) is 0 Å². The van der Waals surface area contributed by atoms with E-state index in [4.69, 9.17) is 0 Å². The lowest BCUT2D eigenvalue weighted by Gasteiger charge is -2.21. The first-order valence-electron chi connectivity index (χ1n) is 5.54. The Balaban J connectivity index is 2.50. The number of benzene rings is 1. The minimum absolute atomic E-state index is 0.172. The number of rotatable bonds is 2. The number of esters is 1. The zero-order valence-electron chi connectivity index (χ0n) is 10.2. The highest BCUT2D eigenvalue weighted by molar-refractivity contribution is 6.10. The van der Waals surface area contributed by atoms with Crippen LogP contribution in [0.15, 0.2) is 30.3 Å². The van der Waals surface area contributed by atoms with Gasteiger partial charge in [-0.3, -0.25) is 4.79 Å². The van der Waals surface area contributed by atoms with Crippen molar-refractivity contribution in [3.05, 3.63) is 35.9 Å². The minimum Gasteiger partial charge on any atom is -0.402 e. The second-order valence-electron chi connectivity index (χ2n) is 4.09. The molecule has 1 aromatic carbocycles. The van der Waals surface area contributed by atoms with Crippen molar-refractivity contribution < 1.29 is 32.5 Å². The molecule has 0 saturated heterocycles. The maximum atomic E-state index is 13.1. The third-order valence-corrected chi connectivity index (χ3v) is 2.62. The number of carbonyl (C=O) groups excluding carboxylic acids is 2. The summed E-state index contributed by atoms with van der Waals surface area (Å²) in [6, 6.07) is 7.86. The average molecular weight is 287 g/mol. The van der Waals surface area contributed by atoms with E-state index >= 15 is 0 Å². The van der Waals surface area contributed by atoms with Crippen LogP contribution in [0, 0.1) is 0 Å². The third kappa shape index (κ3) is 2.24. The predicted octanol–water partition coefficient (Wildman–Crippen LogP) is -0.535. The fraction of sp³-hybridized carbons (Fsp3) is 0.250. The standard InChI is InChI=1S/C12H9F3N2O3/c1-7(18)20-11(12(13,14)15)10(19)16-9(17-11)8-5-3-2-4-6-8/h2-6H,1H3,(H,16,17,19)/p+1/t11-/m0/s1. The summed E-state index contributed by atoms with van der Waals surface area (Å²) in [6.45, 7) is 0.795. The summed E-state index contributed by atoms with van der Waals surface area (Å²) >= 11 is 0. The molecule has 0 radical (unpaired) electrons. The smallest absolute Gasteiger partial charge is 0.402 e. The summed E-state index contributed by atoms with van der Waals surface area (Å²) in [5.74, 6) is -2.88. The van der Waals surface area contributed by atoms with Crippen molar-refractivity contribution in [1.29, 1.82) is 0 Å². The van der Waals surface area contributed by atoms with E-state index in [2.05, 4.69) is 4.74 Å². The quantitative estimate of drug-likeness (QED) is 0.718. The second-order valence-corrected chi connectivity index (χ2v) is 4.09. The van der Waals surface area contributed by atoms with Gasteiger partial charge < -0.3 is 4.74 Å². The number of amidine groups is 1. The first-order valence-corrected chi connectivity index (χ1v) is 5.54. The molecule has 1 heterocycles. The molecule has 0 fully saturated rings. The third-order valence-electron chi connectivity index (χ3n) is 2.62. The van der Waals surface area contributed by atoms with Crippen LogP contribution in [-0.2, 0) is 14.3 Å². The van der Waals surface area contributed by atoms with Gasteiger partial charge in [0, 0.05) is 6.92 Å². The summed E-state index contributed by atoms with van der Waals surface area (Å²) in [6.07, 6.45) is -5.10. The van der Waals surface area contributed by atoms with Gasteiger partial charge in [-0.2, -0.15) is 13.2 Å². The van der Waals surface area contributed by atoms with Gasteiger partial charge in [0.25, 0.3) is 5.84 Å². The van der Waals surface area contributed by atoms with Crippen molar-refractivity contribution in [3.63, 3.8) is 0 Å². The lowest BCUT2D eigenvalue weighted by Crippen LogP contribution is -2.92. The van der Waals surface area contributed by atoms with Crippen LogP contribution in [0.4, 0.5) is 13.2 Å². The topological polar surface area (TPSA) is 69.4 Å². The Morgan fingerprint density at radius 3 is 2.40 bits per heavy atom. The van der Waals surface area contributed by atoms with E-state index in [0.29, 0.717) is 5.56 Å². The zero-order chi connectivity index (χ0) is 15.0. The first kappa shape index (κ1) is 14.0. The highest BCUT2D eigenvalue weighted by atomic mass is 19.4. The van der Waals surface area contributed by atoms with Gasteiger partial charge in [0.15, 0.2) is 0 Å². The van der Waals surface area contributed by atoms with Crippen LogP contribution in [0.1, 0.15) is 12.5 Å². The Hall–Kier alpha value is -2.38. The molecule has 0 saturated carbocycles. The number of halogens is 3. The molecule has 0 aromatic heterocycles. The molecular formula is C12H10F3N2O3+. The molecule has 5 nitrogen and oxygen atoms in total. The molecule has 0 unspecified atom stereocenters. The van der Waals surface area contributed by atoms with E-state index in [1.165, 1.54) is 12.1 Å². The lowest BCUT2D eigenvalue weighted by molar-refractivity contribution is -0.627. The van der Waals surface area contributed by atoms with Gasteiger partial charge in [-0.1, -0.05) is 18.2 Å². The van der Waals surface area contributed by atoms with Crippen molar-refractivity contribution in [2.24, 2.45) is 0 Å². The molecule has 2 rings (SSSR count). The van der Waals surface area contributed by atoms with E-state index in [1.54, 1.807) is 18.2 Å². The Labute approximate surface area is 111 Å². The van der Waals surface area contributed by atoms with E-state index in [0.717, 1.165) is 6.92 Å². The van der Waals surface area contributed by atoms with Crippen molar-refractivity contribution in [2.45, 2.75) is 18.8 Å². The Morgan fingerprint density at radius 1 is 1.30 bits per heavy atom. The largest absolute Gasteiger partial charge is 0.485 e. The maximum absolute atomic E-state index is 13.1. The molecular weight excluding hydrogens is 277 g/mol. The number of ether oxygens (including phenoxy) is 1. The zero-order valence-corrected chi connectivity index (χ0v) is 10.2. The molecule has 1 aromatic rings. The normalized spacial score (nSPS) is 22.2. The number of alkyl halides is 3. The van der Waals surface area contributed by atoms with Crippen LogP contribution < -0.4 is 10.3 Å². The van der Waals surface area contributed by atoms with Crippen LogP contribution in [0.3, 0.4) is 0 Å². The van der Waals surface area contributed by atoms with E-state index in [9.17, 15) is 22.8 Å². The molecule has 0 spiro atoms. The van der Waals surface area contributed by atoms with Crippen LogP contribution in [0.2, 0.25) is 0 Å². The monoisotopic (exact) mass is 287 g/mol. The SMILES string of the molecule is CC(=O)O[C@@]1(C(F)(F)F)[NH+]=C(c2ccccc2)NC1=O. The van der Waals surface area contributed by atoms with Gasteiger partial charge in [0.1, 0.15) is 0 Å². The summed E-state index contributed by atoms with van der Waals surface area (Å²) in [5, 5.41) is 2.04. The summed E-state index contributed by atoms with van der Waals surface area (Å²) in [7, 11) is 0. The number of carbonyl (C=O) groups is 2. The van der Waals surface area contributed by atoms with Gasteiger partial charge in [-0.15, -0.1) is 0 Å². The summed E-state index contributed by atoms with van der Waals surface area (Å²) in [5.41, 5.74) is -3.07. The van der Waals surface area contributed by atoms with Crippen molar-refractivity contribution in [1.82, 2.24) is 5.32 Å². The molecule has 0 bridgehead atoms. The highest BCUT2D eigenvalue weighted by Gasteiger charge is 2.72. The summed E-state index contributed by atoms with van der Waals surface area (Å²) < 4.78 is 43.5. The lowest BCUT2D eigenvalue weighted by atomic mass is 10.2. The number of hydrogen-bond acceptors (Lipinski definition) is 3. The van der Waals surface area contributed by atoms with Crippen LogP contribution in [0.25, 0.3) is 0 Å². The first-order chi connectivity index (χ1) is 9.26. The molecule has 106 valence electrons. The van der Waals surface area contributed by atoms with Gasteiger partial charge in [-0.05, 0) is 12.1 Å². The molecule has 1 aliphatic heterocycles. The fourth-order valence-corrected chi connectivity index (χ4v) is 1.76. The molecule has 0 aliphatic carbocycles. The second kappa shape index (κ2) is 4.62. The maximum Gasteiger partial charge on any atom is 0.485 e. The number of amides is 1. The molecule has 1 atom stereocenters. The Kier molecular flexibility index (Phi) is 3.24. The van der Waals surface area contributed by atoms with Crippen LogP contribution >= 0.6 is 0 Å². The fourth-order valence-electron chi connectivity index (χ4n) is 1.76. The highest BCUT2D eigenvalue weighted by Crippen LogP contribution is 2.29.